The maximum atomic E-state index is 12.4. The van der Waals surface area contributed by atoms with Gasteiger partial charge in [0, 0.05) is 0 Å². The van der Waals surface area contributed by atoms with Gasteiger partial charge in [0.05, 0.1) is 12.0 Å². The van der Waals surface area contributed by atoms with Crippen molar-refractivity contribution >= 4 is 5.97 Å². The number of nitrogens with two attached hydrogens (primary N) is 1. The Morgan fingerprint density at radius 2 is 1.86 bits per heavy atom. The third-order valence-electron chi connectivity index (χ3n) is 2.05. The summed E-state index contributed by atoms with van der Waals surface area (Å²) in [5, 5.41) is 0. The van der Waals surface area contributed by atoms with Gasteiger partial charge in [-0.2, -0.15) is 13.2 Å². The normalized spacial score (nSPS) is 15.1. The number of alkyl halides is 3. The van der Waals surface area contributed by atoms with Crippen molar-refractivity contribution in [1.82, 2.24) is 0 Å². The van der Waals surface area contributed by atoms with Crippen LogP contribution in [0.1, 0.15) is 20.8 Å². The number of carbonyl (C=O) groups excluding carboxylic acids is 1. The summed E-state index contributed by atoms with van der Waals surface area (Å²) < 4.78 is 41.6. The average molecular weight is 213 g/mol. The van der Waals surface area contributed by atoms with E-state index >= 15 is 0 Å². The van der Waals surface area contributed by atoms with E-state index in [1.165, 1.54) is 6.92 Å². The lowest BCUT2D eigenvalue weighted by Crippen LogP contribution is -2.52. The van der Waals surface area contributed by atoms with Crippen LogP contribution in [0.15, 0.2) is 0 Å². The van der Waals surface area contributed by atoms with Crippen LogP contribution in [0.25, 0.3) is 0 Å². The van der Waals surface area contributed by atoms with Gasteiger partial charge in [-0.3, -0.25) is 4.79 Å². The second-order valence-electron chi connectivity index (χ2n) is 3.45. The summed E-state index contributed by atoms with van der Waals surface area (Å²) in [5.74, 6) is -1.03. The van der Waals surface area contributed by atoms with Gasteiger partial charge < -0.3 is 10.5 Å². The van der Waals surface area contributed by atoms with Crippen LogP contribution in [0.4, 0.5) is 13.2 Å². The van der Waals surface area contributed by atoms with Crippen LogP contribution >= 0.6 is 0 Å². The maximum absolute atomic E-state index is 12.4. The van der Waals surface area contributed by atoms with Crippen LogP contribution in [0, 0.1) is 5.41 Å². The summed E-state index contributed by atoms with van der Waals surface area (Å²) in [6.07, 6.45) is -4.53. The van der Waals surface area contributed by atoms with Crippen LogP contribution in [0.3, 0.4) is 0 Å². The fourth-order valence-corrected chi connectivity index (χ4v) is 0.703. The van der Waals surface area contributed by atoms with Crippen molar-refractivity contribution < 1.29 is 22.7 Å². The van der Waals surface area contributed by atoms with Gasteiger partial charge >= 0.3 is 12.1 Å². The highest BCUT2D eigenvalue weighted by Crippen LogP contribution is 2.39. The van der Waals surface area contributed by atoms with Crippen molar-refractivity contribution in [2.45, 2.75) is 33.0 Å². The summed E-state index contributed by atoms with van der Waals surface area (Å²) in [6.45, 7) is 3.26. The number of hydrogen-bond acceptors (Lipinski definition) is 3. The molecule has 0 aliphatic heterocycles. The van der Waals surface area contributed by atoms with E-state index in [1.54, 1.807) is 0 Å². The Kier molecular flexibility index (Phi) is 3.93. The molecule has 0 saturated carbocycles. The number of halogens is 3. The fourth-order valence-electron chi connectivity index (χ4n) is 0.703. The zero-order chi connectivity index (χ0) is 11.6. The highest BCUT2D eigenvalue weighted by molar-refractivity contribution is 5.76. The Balaban J connectivity index is 4.66. The zero-order valence-electron chi connectivity index (χ0n) is 8.31. The van der Waals surface area contributed by atoms with E-state index in [9.17, 15) is 18.0 Å². The lowest BCUT2D eigenvalue weighted by atomic mass is 9.84. The Morgan fingerprint density at radius 1 is 1.43 bits per heavy atom. The molecule has 1 unspecified atom stereocenters. The van der Waals surface area contributed by atoms with Gasteiger partial charge in [0.2, 0.25) is 0 Å². The lowest BCUT2D eigenvalue weighted by Gasteiger charge is -2.31. The summed E-state index contributed by atoms with van der Waals surface area (Å²) in [7, 11) is 0. The first kappa shape index (κ1) is 13.2. The van der Waals surface area contributed by atoms with E-state index in [0.717, 1.165) is 13.8 Å². The number of carbonyl (C=O) groups is 1. The minimum atomic E-state index is -4.53. The summed E-state index contributed by atoms with van der Waals surface area (Å²) >= 11 is 0. The van der Waals surface area contributed by atoms with Gasteiger partial charge in [0.25, 0.3) is 0 Å². The monoisotopic (exact) mass is 213 g/mol. The first-order chi connectivity index (χ1) is 6.14. The largest absolute Gasteiger partial charge is 0.465 e. The number of esters is 1. The van der Waals surface area contributed by atoms with Crippen molar-refractivity contribution in [2.75, 3.05) is 6.61 Å². The summed E-state index contributed by atoms with van der Waals surface area (Å²) in [6, 6.07) is -1.69. The van der Waals surface area contributed by atoms with Crippen molar-refractivity contribution in [3.8, 4) is 0 Å². The minimum Gasteiger partial charge on any atom is -0.465 e. The molecule has 0 spiro atoms. The number of rotatable bonds is 3. The topological polar surface area (TPSA) is 52.3 Å². The Morgan fingerprint density at radius 3 is 2.14 bits per heavy atom. The molecule has 0 radical (unpaired) electrons. The molecule has 1 atom stereocenters. The molecule has 0 rings (SSSR count). The molecule has 0 bridgehead atoms. The van der Waals surface area contributed by atoms with Crippen LogP contribution in [-0.2, 0) is 9.53 Å². The van der Waals surface area contributed by atoms with E-state index in [0.29, 0.717) is 0 Å². The van der Waals surface area contributed by atoms with Gasteiger partial charge in [-0.15, -0.1) is 0 Å². The van der Waals surface area contributed by atoms with E-state index in [1.807, 2.05) is 0 Å². The molecule has 0 heterocycles. The van der Waals surface area contributed by atoms with Gasteiger partial charge in [0.1, 0.15) is 6.04 Å². The molecular formula is C8H14F3NO2. The van der Waals surface area contributed by atoms with Crippen LogP contribution in [-0.4, -0.2) is 24.8 Å². The quantitative estimate of drug-likeness (QED) is 0.722. The molecule has 0 aromatic heterocycles. The van der Waals surface area contributed by atoms with E-state index < -0.39 is 23.6 Å². The number of hydrogen-bond donors (Lipinski definition) is 1. The molecule has 0 fully saturated rings. The fraction of sp³-hybridized carbons (Fsp3) is 0.875. The Labute approximate surface area is 80.4 Å². The first-order valence-corrected chi connectivity index (χ1v) is 4.13. The van der Waals surface area contributed by atoms with Crippen molar-refractivity contribution in [1.29, 1.82) is 0 Å². The van der Waals surface area contributed by atoms with E-state index in [2.05, 4.69) is 4.74 Å². The highest BCUT2D eigenvalue weighted by atomic mass is 19.4. The van der Waals surface area contributed by atoms with Gasteiger partial charge in [0.15, 0.2) is 0 Å². The minimum absolute atomic E-state index is 0.0144. The lowest BCUT2D eigenvalue weighted by molar-refractivity contribution is -0.222. The molecule has 0 amide bonds. The van der Waals surface area contributed by atoms with Crippen LogP contribution in [0.5, 0.6) is 0 Å². The summed E-state index contributed by atoms with van der Waals surface area (Å²) in [5.41, 5.74) is 2.89. The molecule has 0 aromatic carbocycles. The third kappa shape index (κ3) is 2.60. The smallest absolute Gasteiger partial charge is 0.396 e. The Hall–Kier alpha value is -0.780. The molecule has 0 aromatic rings. The predicted octanol–water partition coefficient (Wildman–Crippen LogP) is 1.47. The van der Waals surface area contributed by atoms with Crippen LogP contribution < -0.4 is 5.73 Å². The molecule has 0 saturated heterocycles. The molecule has 3 nitrogen and oxygen atoms in total. The SMILES string of the molecule is CCOC(=O)C(N)C(C)(C)C(F)(F)F. The van der Waals surface area contributed by atoms with Crippen molar-refractivity contribution in [3.63, 3.8) is 0 Å². The second kappa shape index (κ2) is 4.16. The summed E-state index contributed by atoms with van der Waals surface area (Å²) in [4.78, 5) is 11.0. The zero-order valence-corrected chi connectivity index (χ0v) is 8.31. The maximum Gasteiger partial charge on any atom is 0.396 e. The molecule has 84 valence electrons. The molecule has 14 heavy (non-hydrogen) atoms. The van der Waals surface area contributed by atoms with Crippen LogP contribution in [0.2, 0.25) is 0 Å². The van der Waals surface area contributed by atoms with Gasteiger partial charge in [-0.1, -0.05) is 0 Å². The van der Waals surface area contributed by atoms with Crippen molar-refractivity contribution in [2.24, 2.45) is 11.1 Å². The Bertz CT molecular complexity index is 213. The molecule has 6 heteroatoms. The average Bonchev–Trinajstić information content (AvgIpc) is 2.01. The molecule has 0 aliphatic carbocycles. The first-order valence-electron chi connectivity index (χ1n) is 4.13. The second-order valence-corrected chi connectivity index (χ2v) is 3.45. The third-order valence-corrected chi connectivity index (χ3v) is 2.05. The standard InChI is InChI=1S/C8H14F3NO2/c1-4-14-6(13)5(12)7(2,3)8(9,10)11/h5H,4,12H2,1-3H3. The predicted molar refractivity (Wildman–Crippen MR) is 44.4 cm³/mol. The highest BCUT2D eigenvalue weighted by Gasteiger charge is 2.54. The van der Waals surface area contributed by atoms with Gasteiger partial charge in [-0.05, 0) is 20.8 Å². The molecule has 2 N–H and O–H groups in total. The van der Waals surface area contributed by atoms with E-state index in [4.69, 9.17) is 5.73 Å². The van der Waals surface area contributed by atoms with Gasteiger partial charge in [-0.25, -0.2) is 0 Å². The number of ether oxygens (including phenoxy) is 1. The van der Waals surface area contributed by atoms with E-state index in [-0.39, 0.29) is 6.61 Å². The molecular weight excluding hydrogens is 199 g/mol. The molecule has 0 aliphatic rings. The van der Waals surface area contributed by atoms with Crippen molar-refractivity contribution in [3.05, 3.63) is 0 Å².